The van der Waals surface area contributed by atoms with Gasteiger partial charge in [0.2, 0.25) is 0 Å². The van der Waals surface area contributed by atoms with Crippen molar-refractivity contribution >= 4 is 21.9 Å². The summed E-state index contributed by atoms with van der Waals surface area (Å²) < 4.78 is 13.7. The maximum atomic E-state index is 13.0. The minimum atomic E-state index is -0.827. The second-order valence-corrected chi connectivity index (χ2v) is 5.54. The number of hydrogen-bond acceptors (Lipinski definition) is 2. The minimum absolute atomic E-state index is 0.00871. The first-order chi connectivity index (χ1) is 8.93. The number of nitrogens with one attached hydrogen (secondary N) is 1. The summed E-state index contributed by atoms with van der Waals surface area (Å²) in [6.45, 7) is 3.89. The highest BCUT2D eigenvalue weighted by atomic mass is 79.9. The van der Waals surface area contributed by atoms with Gasteiger partial charge in [0.25, 0.3) is 0 Å². The van der Waals surface area contributed by atoms with Crippen LogP contribution in [0, 0.1) is 5.82 Å². The number of rotatable bonds is 7. The Labute approximate surface area is 121 Å². The van der Waals surface area contributed by atoms with Gasteiger partial charge < -0.3 is 10.4 Å². The summed E-state index contributed by atoms with van der Waals surface area (Å²) in [6.07, 6.45) is 2.07. The molecule has 106 valence electrons. The topological polar surface area (TPSA) is 49.3 Å². The van der Waals surface area contributed by atoms with Gasteiger partial charge in [-0.25, -0.2) is 4.39 Å². The summed E-state index contributed by atoms with van der Waals surface area (Å²) >= 11 is 3.32. The Morgan fingerprint density at radius 2 is 2.21 bits per heavy atom. The maximum absolute atomic E-state index is 13.0. The van der Waals surface area contributed by atoms with Crippen LogP contribution in [-0.4, -0.2) is 23.2 Å². The largest absolute Gasteiger partial charge is 0.480 e. The van der Waals surface area contributed by atoms with E-state index in [1.165, 1.54) is 12.1 Å². The Hall–Kier alpha value is -0.940. The lowest BCUT2D eigenvalue weighted by Gasteiger charge is -2.20. The van der Waals surface area contributed by atoms with Crippen LogP contribution in [-0.2, 0) is 11.2 Å². The first-order valence-electron chi connectivity index (χ1n) is 6.36. The van der Waals surface area contributed by atoms with Gasteiger partial charge >= 0.3 is 5.97 Å². The molecule has 1 aromatic carbocycles. The first-order valence-corrected chi connectivity index (χ1v) is 7.16. The van der Waals surface area contributed by atoms with Crippen LogP contribution in [0.1, 0.15) is 32.3 Å². The van der Waals surface area contributed by atoms with Crippen LogP contribution in [0.25, 0.3) is 0 Å². The third-order valence-electron chi connectivity index (χ3n) is 2.90. The van der Waals surface area contributed by atoms with Crippen molar-refractivity contribution in [3.63, 3.8) is 0 Å². The molecule has 2 N–H and O–H groups in total. The first kappa shape index (κ1) is 16.1. The zero-order valence-electron chi connectivity index (χ0n) is 11.1. The van der Waals surface area contributed by atoms with Crippen LogP contribution in [0.3, 0.4) is 0 Å². The summed E-state index contributed by atoms with van der Waals surface area (Å²) in [4.78, 5) is 11.1. The van der Waals surface area contributed by atoms with E-state index in [1.807, 2.05) is 13.8 Å². The van der Waals surface area contributed by atoms with Crippen LogP contribution < -0.4 is 5.32 Å². The lowest BCUT2D eigenvalue weighted by Crippen LogP contribution is -2.42. The molecule has 0 fully saturated rings. The number of benzene rings is 1. The van der Waals surface area contributed by atoms with Crippen molar-refractivity contribution in [3.05, 3.63) is 34.1 Å². The molecule has 0 bridgehead atoms. The van der Waals surface area contributed by atoms with Gasteiger partial charge in [0, 0.05) is 10.5 Å². The Kier molecular flexibility index (Phi) is 6.45. The van der Waals surface area contributed by atoms with E-state index in [0.717, 1.165) is 12.0 Å². The molecule has 0 saturated heterocycles. The van der Waals surface area contributed by atoms with Crippen molar-refractivity contribution < 1.29 is 14.3 Å². The molecule has 5 heteroatoms. The van der Waals surface area contributed by atoms with E-state index in [9.17, 15) is 9.18 Å². The monoisotopic (exact) mass is 331 g/mol. The van der Waals surface area contributed by atoms with Crippen molar-refractivity contribution in [3.8, 4) is 0 Å². The summed E-state index contributed by atoms with van der Waals surface area (Å²) in [5, 5.41) is 12.2. The SMILES string of the molecule is CCCC(NC(C)Cc1ccc(F)cc1Br)C(=O)O. The van der Waals surface area contributed by atoms with Crippen LogP contribution in [0.15, 0.2) is 22.7 Å². The molecule has 2 atom stereocenters. The summed E-state index contributed by atoms with van der Waals surface area (Å²) in [5.41, 5.74) is 0.960. The minimum Gasteiger partial charge on any atom is -0.480 e. The molecule has 0 aromatic heterocycles. The third-order valence-corrected chi connectivity index (χ3v) is 3.64. The molecule has 0 amide bonds. The number of carboxylic acids is 1. The highest BCUT2D eigenvalue weighted by molar-refractivity contribution is 9.10. The van der Waals surface area contributed by atoms with Crippen molar-refractivity contribution in [2.24, 2.45) is 0 Å². The third kappa shape index (κ3) is 5.28. The fourth-order valence-corrected chi connectivity index (χ4v) is 2.50. The highest BCUT2D eigenvalue weighted by Crippen LogP contribution is 2.19. The number of carbonyl (C=O) groups is 1. The smallest absolute Gasteiger partial charge is 0.320 e. The normalized spacial score (nSPS) is 14.1. The Morgan fingerprint density at radius 1 is 1.53 bits per heavy atom. The standard InChI is InChI=1S/C14H19BrFNO2/c1-3-4-13(14(18)19)17-9(2)7-10-5-6-11(16)8-12(10)15/h5-6,8-9,13,17H,3-4,7H2,1-2H3,(H,18,19). The van der Waals surface area contributed by atoms with Gasteiger partial charge in [0.1, 0.15) is 11.9 Å². The predicted molar refractivity (Wildman–Crippen MR) is 76.7 cm³/mol. The molecule has 0 aliphatic heterocycles. The van der Waals surface area contributed by atoms with Gasteiger partial charge in [-0.3, -0.25) is 4.79 Å². The fraction of sp³-hybridized carbons (Fsp3) is 0.500. The fourth-order valence-electron chi connectivity index (χ4n) is 1.99. The van der Waals surface area contributed by atoms with E-state index < -0.39 is 12.0 Å². The lowest BCUT2D eigenvalue weighted by molar-refractivity contribution is -0.139. The Bertz CT molecular complexity index is 439. The van der Waals surface area contributed by atoms with Crippen LogP contribution in [0.2, 0.25) is 0 Å². The van der Waals surface area contributed by atoms with Crippen molar-refractivity contribution in [1.82, 2.24) is 5.32 Å². The van der Waals surface area contributed by atoms with Crippen LogP contribution in [0.5, 0.6) is 0 Å². The molecule has 1 rings (SSSR count). The summed E-state index contributed by atoms with van der Waals surface area (Å²) in [5.74, 6) is -1.11. The molecule has 0 aliphatic rings. The molecule has 0 heterocycles. The molecule has 3 nitrogen and oxygen atoms in total. The number of hydrogen-bond donors (Lipinski definition) is 2. The molecule has 1 aromatic rings. The number of halogens is 2. The second kappa shape index (κ2) is 7.60. The average Bonchev–Trinajstić information content (AvgIpc) is 2.32. The van der Waals surface area contributed by atoms with Gasteiger partial charge in [-0.2, -0.15) is 0 Å². The van der Waals surface area contributed by atoms with Gasteiger partial charge in [-0.15, -0.1) is 0 Å². The van der Waals surface area contributed by atoms with E-state index in [0.29, 0.717) is 17.3 Å². The molecule has 0 aliphatic carbocycles. The highest BCUT2D eigenvalue weighted by Gasteiger charge is 2.18. The quantitative estimate of drug-likeness (QED) is 0.805. The Morgan fingerprint density at radius 3 is 2.74 bits per heavy atom. The van der Waals surface area contributed by atoms with E-state index in [2.05, 4.69) is 21.2 Å². The Balaban J connectivity index is 2.63. The van der Waals surface area contributed by atoms with Gasteiger partial charge in [0.15, 0.2) is 0 Å². The predicted octanol–water partition coefficient (Wildman–Crippen LogP) is 3.36. The zero-order valence-corrected chi connectivity index (χ0v) is 12.7. The lowest BCUT2D eigenvalue weighted by atomic mass is 10.0. The molecule has 19 heavy (non-hydrogen) atoms. The molecule has 0 radical (unpaired) electrons. The molecule has 0 spiro atoms. The van der Waals surface area contributed by atoms with Crippen molar-refractivity contribution in [2.75, 3.05) is 0 Å². The van der Waals surface area contributed by atoms with Crippen LogP contribution >= 0.6 is 15.9 Å². The van der Waals surface area contributed by atoms with E-state index in [4.69, 9.17) is 5.11 Å². The van der Waals surface area contributed by atoms with Crippen molar-refractivity contribution in [2.45, 2.75) is 45.2 Å². The summed E-state index contributed by atoms with van der Waals surface area (Å²) in [6, 6.07) is 4.03. The van der Waals surface area contributed by atoms with E-state index in [1.54, 1.807) is 6.07 Å². The molecule has 2 unspecified atom stereocenters. The molecular formula is C14H19BrFNO2. The average molecular weight is 332 g/mol. The van der Waals surface area contributed by atoms with Gasteiger partial charge in [-0.1, -0.05) is 35.3 Å². The molecular weight excluding hydrogens is 313 g/mol. The van der Waals surface area contributed by atoms with Crippen molar-refractivity contribution in [1.29, 1.82) is 0 Å². The molecule has 0 saturated carbocycles. The maximum Gasteiger partial charge on any atom is 0.320 e. The second-order valence-electron chi connectivity index (χ2n) is 4.69. The van der Waals surface area contributed by atoms with Gasteiger partial charge in [-0.05, 0) is 37.5 Å². The van der Waals surface area contributed by atoms with E-state index in [-0.39, 0.29) is 11.9 Å². The van der Waals surface area contributed by atoms with Crippen LogP contribution in [0.4, 0.5) is 4.39 Å². The zero-order chi connectivity index (χ0) is 14.4. The number of aliphatic carboxylic acids is 1. The van der Waals surface area contributed by atoms with E-state index >= 15 is 0 Å². The van der Waals surface area contributed by atoms with Gasteiger partial charge in [0.05, 0.1) is 0 Å². The summed E-state index contributed by atoms with van der Waals surface area (Å²) in [7, 11) is 0. The number of carboxylic acid groups (broad SMARTS) is 1.